The Kier molecular flexibility index (Phi) is 5.73. The third-order valence-corrected chi connectivity index (χ3v) is 3.38. The Morgan fingerprint density at radius 2 is 1.83 bits per heavy atom. The molecule has 0 heterocycles. The average molecular weight is 325 g/mol. The SMILES string of the molecule is COC(=O)/C=C/c1cccc(-c2cccc(OC)c2)c1NC(C)=O. The summed E-state index contributed by atoms with van der Waals surface area (Å²) >= 11 is 0. The summed E-state index contributed by atoms with van der Waals surface area (Å²) in [5.74, 6) is 0.0606. The number of hydrogen-bond donors (Lipinski definition) is 1. The van der Waals surface area contributed by atoms with E-state index in [0.29, 0.717) is 11.3 Å². The van der Waals surface area contributed by atoms with Gasteiger partial charge >= 0.3 is 5.97 Å². The normalized spacial score (nSPS) is 10.5. The number of carbonyl (C=O) groups is 2. The van der Waals surface area contributed by atoms with Crippen molar-refractivity contribution in [2.75, 3.05) is 19.5 Å². The van der Waals surface area contributed by atoms with Crippen LogP contribution in [0.1, 0.15) is 12.5 Å². The van der Waals surface area contributed by atoms with E-state index < -0.39 is 5.97 Å². The molecule has 2 rings (SSSR count). The first-order valence-corrected chi connectivity index (χ1v) is 7.36. The van der Waals surface area contributed by atoms with Crippen LogP contribution < -0.4 is 10.1 Å². The number of para-hydroxylation sites is 1. The topological polar surface area (TPSA) is 64.6 Å². The monoisotopic (exact) mass is 325 g/mol. The van der Waals surface area contributed by atoms with Gasteiger partial charge in [0.1, 0.15) is 5.75 Å². The van der Waals surface area contributed by atoms with E-state index in [9.17, 15) is 9.59 Å². The molecule has 1 N–H and O–H groups in total. The zero-order valence-corrected chi connectivity index (χ0v) is 13.8. The maximum absolute atomic E-state index is 11.6. The lowest BCUT2D eigenvalue weighted by Gasteiger charge is -2.14. The lowest BCUT2D eigenvalue weighted by atomic mass is 9.99. The number of nitrogens with one attached hydrogen (secondary N) is 1. The van der Waals surface area contributed by atoms with Gasteiger partial charge in [0, 0.05) is 18.6 Å². The van der Waals surface area contributed by atoms with Crippen molar-refractivity contribution >= 4 is 23.6 Å². The molecule has 0 unspecified atom stereocenters. The first-order valence-electron chi connectivity index (χ1n) is 7.36. The lowest BCUT2D eigenvalue weighted by molar-refractivity contribution is -0.134. The van der Waals surface area contributed by atoms with Crippen LogP contribution in [0.15, 0.2) is 48.5 Å². The van der Waals surface area contributed by atoms with Crippen molar-refractivity contribution in [3.63, 3.8) is 0 Å². The van der Waals surface area contributed by atoms with Gasteiger partial charge in [0.25, 0.3) is 0 Å². The van der Waals surface area contributed by atoms with Gasteiger partial charge in [-0.15, -0.1) is 0 Å². The molecule has 0 atom stereocenters. The predicted molar refractivity (Wildman–Crippen MR) is 93.8 cm³/mol. The average Bonchev–Trinajstić information content (AvgIpc) is 2.60. The van der Waals surface area contributed by atoms with Gasteiger partial charge in [-0.1, -0.05) is 30.3 Å². The summed E-state index contributed by atoms with van der Waals surface area (Å²) < 4.78 is 9.87. The second kappa shape index (κ2) is 7.97. The molecule has 0 radical (unpaired) electrons. The molecule has 5 heteroatoms. The number of methoxy groups -OCH3 is 2. The summed E-state index contributed by atoms with van der Waals surface area (Å²) in [6, 6.07) is 13.1. The van der Waals surface area contributed by atoms with Crippen molar-refractivity contribution in [3.05, 3.63) is 54.1 Å². The van der Waals surface area contributed by atoms with E-state index in [1.165, 1.54) is 20.1 Å². The third-order valence-electron chi connectivity index (χ3n) is 3.38. The highest BCUT2D eigenvalue weighted by Gasteiger charge is 2.11. The standard InChI is InChI=1S/C19H19NO4/c1-13(21)20-19-14(10-11-18(22)24-3)6-5-9-17(19)15-7-4-8-16(12-15)23-2/h4-12H,1-3H3,(H,20,21)/b11-10+. The van der Waals surface area contributed by atoms with Crippen LogP contribution in [0.4, 0.5) is 5.69 Å². The van der Waals surface area contributed by atoms with Crippen LogP contribution in [-0.4, -0.2) is 26.1 Å². The minimum absolute atomic E-state index is 0.196. The number of anilines is 1. The Bertz CT molecular complexity index is 781. The Hall–Kier alpha value is -3.08. The van der Waals surface area contributed by atoms with Gasteiger partial charge in [0.05, 0.1) is 19.9 Å². The minimum Gasteiger partial charge on any atom is -0.497 e. The molecule has 0 fully saturated rings. The summed E-state index contributed by atoms with van der Waals surface area (Å²) in [7, 11) is 2.91. The Morgan fingerprint density at radius 3 is 2.50 bits per heavy atom. The van der Waals surface area contributed by atoms with Gasteiger partial charge in [0.15, 0.2) is 0 Å². The molecule has 0 saturated heterocycles. The van der Waals surface area contributed by atoms with E-state index in [-0.39, 0.29) is 5.91 Å². The molecule has 0 aliphatic carbocycles. The van der Waals surface area contributed by atoms with E-state index in [1.807, 2.05) is 42.5 Å². The summed E-state index contributed by atoms with van der Waals surface area (Å²) in [5, 5.41) is 2.84. The highest BCUT2D eigenvalue weighted by Crippen LogP contribution is 2.33. The highest BCUT2D eigenvalue weighted by molar-refractivity contribution is 5.99. The van der Waals surface area contributed by atoms with Crippen LogP contribution in [-0.2, 0) is 14.3 Å². The molecule has 2 aromatic carbocycles. The van der Waals surface area contributed by atoms with Crippen LogP contribution in [0.3, 0.4) is 0 Å². The highest BCUT2D eigenvalue weighted by atomic mass is 16.5. The molecule has 2 aromatic rings. The van der Waals surface area contributed by atoms with Crippen LogP contribution in [0.25, 0.3) is 17.2 Å². The smallest absolute Gasteiger partial charge is 0.330 e. The first kappa shape index (κ1) is 17.3. The molecule has 0 bridgehead atoms. The van der Waals surface area contributed by atoms with E-state index in [1.54, 1.807) is 13.2 Å². The van der Waals surface area contributed by atoms with Crippen molar-refractivity contribution in [1.29, 1.82) is 0 Å². The van der Waals surface area contributed by atoms with E-state index in [2.05, 4.69) is 10.1 Å². The largest absolute Gasteiger partial charge is 0.497 e. The molecule has 24 heavy (non-hydrogen) atoms. The van der Waals surface area contributed by atoms with Gasteiger partial charge in [0.2, 0.25) is 5.91 Å². The zero-order chi connectivity index (χ0) is 17.5. The molecule has 0 aliphatic heterocycles. The van der Waals surface area contributed by atoms with E-state index >= 15 is 0 Å². The fourth-order valence-electron chi connectivity index (χ4n) is 2.28. The number of hydrogen-bond acceptors (Lipinski definition) is 4. The number of benzene rings is 2. The Labute approximate surface area is 140 Å². The van der Waals surface area contributed by atoms with Crippen molar-refractivity contribution in [1.82, 2.24) is 0 Å². The van der Waals surface area contributed by atoms with Gasteiger partial charge in [-0.3, -0.25) is 4.79 Å². The fraction of sp³-hybridized carbons (Fsp3) is 0.158. The number of carbonyl (C=O) groups excluding carboxylic acids is 2. The molecule has 0 saturated carbocycles. The number of amides is 1. The van der Waals surface area contributed by atoms with E-state index in [4.69, 9.17) is 4.74 Å². The number of esters is 1. The summed E-state index contributed by atoms with van der Waals surface area (Å²) in [6.45, 7) is 1.44. The predicted octanol–water partition coefficient (Wildman–Crippen LogP) is 3.51. The first-order chi connectivity index (χ1) is 11.5. The Balaban J connectivity index is 2.56. The molecule has 5 nitrogen and oxygen atoms in total. The molecule has 1 amide bonds. The van der Waals surface area contributed by atoms with Gasteiger partial charge < -0.3 is 14.8 Å². The molecular weight excluding hydrogens is 306 g/mol. The number of ether oxygens (including phenoxy) is 2. The molecule has 0 aliphatic rings. The molecule has 0 aromatic heterocycles. The van der Waals surface area contributed by atoms with Crippen molar-refractivity contribution in [3.8, 4) is 16.9 Å². The third kappa shape index (κ3) is 4.23. The van der Waals surface area contributed by atoms with Crippen molar-refractivity contribution in [2.45, 2.75) is 6.92 Å². The summed E-state index contributed by atoms with van der Waals surface area (Å²) in [5.41, 5.74) is 3.05. The van der Waals surface area contributed by atoms with Crippen LogP contribution in [0.5, 0.6) is 5.75 Å². The minimum atomic E-state index is -0.462. The quantitative estimate of drug-likeness (QED) is 0.675. The van der Waals surface area contributed by atoms with Crippen LogP contribution in [0.2, 0.25) is 0 Å². The fourth-order valence-corrected chi connectivity index (χ4v) is 2.28. The van der Waals surface area contributed by atoms with Crippen LogP contribution >= 0.6 is 0 Å². The number of rotatable bonds is 5. The van der Waals surface area contributed by atoms with Crippen molar-refractivity contribution in [2.24, 2.45) is 0 Å². The van der Waals surface area contributed by atoms with Gasteiger partial charge in [-0.05, 0) is 29.3 Å². The van der Waals surface area contributed by atoms with Crippen molar-refractivity contribution < 1.29 is 19.1 Å². The zero-order valence-electron chi connectivity index (χ0n) is 13.8. The Morgan fingerprint density at radius 1 is 1.08 bits per heavy atom. The molecule has 0 spiro atoms. The lowest BCUT2D eigenvalue weighted by Crippen LogP contribution is -2.08. The second-order valence-electron chi connectivity index (χ2n) is 5.04. The summed E-state index contributed by atoms with van der Waals surface area (Å²) in [6.07, 6.45) is 2.93. The van der Waals surface area contributed by atoms with Crippen LogP contribution in [0, 0.1) is 0 Å². The van der Waals surface area contributed by atoms with Gasteiger partial charge in [-0.2, -0.15) is 0 Å². The van der Waals surface area contributed by atoms with Gasteiger partial charge in [-0.25, -0.2) is 4.79 Å². The molecular formula is C19H19NO4. The summed E-state index contributed by atoms with van der Waals surface area (Å²) in [4.78, 5) is 23.0. The molecule has 124 valence electrons. The maximum atomic E-state index is 11.6. The second-order valence-corrected chi connectivity index (χ2v) is 5.04. The maximum Gasteiger partial charge on any atom is 0.330 e. The van der Waals surface area contributed by atoms with E-state index in [0.717, 1.165) is 16.9 Å².